The van der Waals surface area contributed by atoms with E-state index in [1.54, 1.807) is 6.92 Å². The number of alkyl halides is 3. The summed E-state index contributed by atoms with van der Waals surface area (Å²) >= 11 is 2.04. The maximum atomic E-state index is 13.9. The predicted molar refractivity (Wildman–Crippen MR) is 91.2 cm³/mol. The molecule has 2 unspecified atom stereocenters. The van der Waals surface area contributed by atoms with Gasteiger partial charge in [0.25, 0.3) is 0 Å². The van der Waals surface area contributed by atoms with E-state index in [4.69, 9.17) is 0 Å². The summed E-state index contributed by atoms with van der Waals surface area (Å²) in [5, 5.41) is 0. The molecule has 0 bridgehead atoms. The molecule has 0 N–H and O–H groups in total. The van der Waals surface area contributed by atoms with Crippen LogP contribution in [0.1, 0.15) is 72.1 Å². The van der Waals surface area contributed by atoms with Gasteiger partial charge in [-0.25, -0.2) is 4.79 Å². The highest BCUT2D eigenvalue weighted by molar-refractivity contribution is 14.1. The van der Waals surface area contributed by atoms with Gasteiger partial charge in [0, 0.05) is 9.84 Å². The minimum absolute atomic E-state index is 0.00911. The summed E-state index contributed by atoms with van der Waals surface area (Å²) in [6.45, 7) is 5.16. The standard InChI is InChI=1S/C16H29F2IO2/c1-4-6-7-8-9-10-11-12-14(19)13(3)16(17,18)15(20)21-5-2/h13-14H,4-12H2,1-3H3. The summed E-state index contributed by atoms with van der Waals surface area (Å²) in [6.07, 6.45) is 8.93. The fourth-order valence-electron chi connectivity index (χ4n) is 2.19. The summed E-state index contributed by atoms with van der Waals surface area (Å²) in [5.74, 6) is -5.76. The Morgan fingerprint density at radius 3 is 2.14 bits per heavy atom. The smallest absolute Gasteiger partial charge is 0.377 e. The topological polar surface area (TPSA) is 26.3 Å². The van der Waals surface area contributed by atoms with Crippen molar-refractivity contribution in [1.82, 2.24) is 0 Å². The second-order valence-electron chi connectivity index (χ2n) is 5.56. The number of carbonyl (C=O) groups is 1. The third kappa shape index (κ3) is 8.31. The highest BCUT2D eigenvalue weighted by Crippen LogP contribution is 2.34. The summed E-state index contributed by atoms with van der Waals surface area (Å²) in [7, 11) is 0. The fraction of sp³-hybridized carbons (Fsp3) is 0.938. The van der Waals surface area contributed by atoms with Crippen molar-refractivity contribution in [3.63, 3.8) is 0 Å². The Morgan fingerprint density at radius 1 is 1.10 bits per heavy atom. The maximum absolute atomic E-state index is 13.9. The molecule has 0 amide bonds. The number of esters is 1. The zero-order valence-electron chi connectivity index (χ0n) is 13.5. The number of rotatable bonds is 12. The second kappa shape index (κ2) is 11.6. The molecule has 126 valence electrons. The van der Waals surface area contributed by atoms with Crippen molar-refractivity contribution in [2.24, 2.45) is 5.92 Å². The zero-order valence-corrected chi connectivity index (χ0v) is 15.6. The lowest BCUT2D eigenvalue weighted by Crippen LogP contribution is -2.41. The van der Waals surface area contributed by atoms with Crippen molar-refractivity contribution in [2.75, 3.05) is 6.61 Å². The van der Waals surface area contributed by atoms with Crippen LogP contribution < -0.4 is 0 Å². The third-order valence-corrected chi connectivity index (χ3v) is 5.45. The number of carbonyl (C=O) groups excluding carboxylic acids is 1. The minimum atomic E-state index is -3.39. The SMILES string of the molecule is CCCCCCCCCC(I)C(C)C(F)(F)C(=O)OCC. The van der Waals surface area contributed by atoms with E-state index in [-0.39, 0.29) is 10.5 Å². The van der Waals surface area contributed by atoms with Crippen LogP contribution in [0.4, 0.5) is 8.78 Å². The molecule has 0 aliphatic rings. The molecule has 0 fully saturated rings. The van der Waals surface area contributed by atoms with Crippen LogP contribution in [-0.4, -0.2) is 22.4 Å². The van der Waals surface area contributed by atoms with Crippen LogP contribution in [0.15, 0.2) is 0 Å². The van der Waals surface area contributed by atoms with Gasteiger partial charge in [0.15, 0.2) is 0 Å². The van der Waals surface area contributed by atoms with Crippen molar-refractivity contribution in [2.45, 2.75) is 82.0 Å². The molecule has 5 heteroatoms. The molecule has 0 aromatic carbocycles. The lowest BCUT2D eigenvalue weighted by Gasteiger charge is -2.25. The van der Waals surface area contributed by atoms with Crippen molar-refractivity contribution in [3.05, 3.63) is 0 Å². The summed E-state index contributed by atoms with van der Waals surface area (Å²) in [6, 6.07) is 0. The summed E-state index contributed by atoms with van der Waals surface area (Å²) < 4.78 is 32.0. The average Bonchev–Trinajstić information content (AvgIpc) is 2.45. The molecule has 0 radical (unpaired) electrons. The molecule has 0 rings (SSSR count). The highest BCUT2D eigenvalue weighted by atomic mass is 127. The van der Waals surface area contributed by atoms with Gasteiger partial charge in [-0.2, -0.15) is 8.78 Å². The number of hydrogen-bond acceptors (Lipinski definition) is 2. The monoisotopic (exact) mass is 418 g/mol. The zero-order chi connectivity index (χ0) is 16.3. The van der Waals surface area contributed by atoms with E-state index in [1.807, 2.05) is 22.6 Å². The van der Waals surface area contributed by atoms with Gasteiger partial charge >= 0.3 is 11.9 Å². The molecule has 21 heavy (non-hydrogen) atoms. The van der Waals surface area contributed by atoms with Gasteiger partial charge in [-0.05, 0) is 13.3 Å². The first-order valence-electron chi connectivity index (χ1n) is 8.06. The Hall–Kier alpha value is 0.0600. The van der Waals surface area contributed by atoms with Gasteiger partial charge < -0.3 is 4.74 Å². The molecule has 2 atom stereocenters. The molecule has 0 aromatic rings. The third-order valence-electron chi connectivity index (χ3n) is 3.75. The first kappa shape index (κ1) is 21.1. The van der Waals surface area contributed by atoms with E-state index in [0.29, 0.717) is 0 Å². The van der Waals surface area contributed by atoms with Crippen LogP contribution in [0.3, 0.4) is 0 Å². The second-order valence-corrected chi connectivity index (χ2v) is 7.16. The Balaban J connectivity index is 3.98. The van der Waals surface area contributed by atoms with E-state index in [1.165, 1.54) is 39.0 Å². The summed E-state index contributed by atoms with van der Waals surface area (Å²) in [5.41, 5.74) is 0. The summed E-state index contributed by atoms with van der Waals surface area (Å²) in [4.78, 5) is 11.3. The molecule has 0 saturated heterocycles. The highest BCUT2D eigenvalue weighted by Gasteiger charge is 2.48. The Bertz CT molecular complexity index is 285. The van der Waals surface area contributed by atoms with E-state index in [9.17, 15) is 13.6 Å². The quantitative estimate of drug-likeness (QED) is 0.174. The fourth-order valence-corrected chi connectivity index (χ4v) is 3.08. The largest absolute Gasteiger partial charge is 0.462 e. The lowest BCUT2D eigenvalue weighted by atomic mass is 9.95. The number of ether oxygens (including phenoxy) is 1. The molecule has 0 aromatic heterocycles. The maximum Gasteiger partial charge on any atom is 0.377 e. The van der Waals surface area contributed by atoms with Crippen molar-refractivity contribution >= 4 is 28.6 Å². The van der Waals surface area contributed by atoms with Crippen molar-refractivity contribution < 1.29 is 18.3 Å². The molecule has 0 saturated carbocycles. The van der Waals surface area contributed by atoms with Crippen molar-refractivity contribution in [1.29, 1.82) is 0 Å². The molecule has 0 spiro atoms. The van der Waals surface area contributed by atoms with Gasteiger partial charge in [0.05, 0.1) is 6.61 Å². The van der Waals surface area contributed by atoms with Gasteiger partial charge in [0.1, 0.15) is 0 Å². The van der Waals surface area contributed by atoms with Crippen LogP contribution in [-0.2, 0) is 9.53 Å². The predicted octanol–water partition coefficient (Wildman–Crippen LogP) is 5.77. The van der Waals surface area contributed by atoms with E-state index >= 15 is 0 Å². The van der Waals surface area contributed by atoms with Gasteiger partial charge in [-0.15, -0.1) is 0 Å². The van der Waals surface area contributed by atoms with Crippen LogP contribution >= 0.6 is 22.6 Å². The van der Waals surface area contributed by atoms with Gasteiger partial charge in [0.2, 0.25) is 0 Å². The molecular weight excluding hydrogens is 389 g/mol. The number of halogens is 3. The van der Waals surface area contributed by atoms with E-state index in [0.717, 1.165) is 19.3 Å². The van der Waals surface area contributed by atoms with Crippen LogP contribution in [0, 0.1) is 5.92 Å². The van der Waals surface area contributed by atoms with Crippen LogP contribution in [0.25, 0.3) is 0 Å². The minimum Gasteiger partial charge on any atom is -0.462 e. The molecule has 0 heterocycles. The average molecular weight is 418 g/mol. The normalized spacial score (nSPS) is 14.8. The van der Waals surface area contributed by atoms with Gasteiger partial charge in [-0.3, -0.25) is 0 Å². The Labute approximate surface area is 141 Å². The Kier molecular flexibility index (Phi) is 11.6. The lowest BCUT2D eigenvalue weighted by molar-refractivity contribution is -0.178. The van der Waals surface area contributed by atoms with Crippen molar-refractivity contribution in [3.8, 4) is 0 Å². The molecule has 0 aliphatic heterocycles. The van der Waals surface area contributed by atoms with Crippen LogP contribution in [0.2, 0.25) is 0 Å². The molecule has 2 nitrogen and oxygen atoms in total. The molecular formula is C16H29F2IO2. The van der Waals surface area contributed by atoms with E-state index in [2.05, 4.69) is 11.7 Å². The molecule has 0 aliphatic carbocycles. The Morgan fingerprint density at radius 2 is 1.62 bits per heavy atom. The first-order valence-corrected chi connectivity index (χ1v) is 9.31. The number of hydrogen-bond donors (Lipinski definition) is 0. The van der Waals surface area contributed by atoms with E-state index < -0.39 is 17.8 Å². The van der Waals surface area contributed by atoms with Crippen LogP contribution in [0.5, 0.6) is 0 Å². The first-order chi connectivity index (χ1) is 9.87. The van der Waals surface area contributed by atoms with Gasteiger partial charge in [-0.1, -0.05) is 81.4 Å². The number of unbranched alkanes of at least 4 members (excludes halogenated alkanes) is 6.